The van der Waals surface area contributed by atoms with Crippen molar-refractivity contribution in [2.24, 2.45) is 4.99 Å². The molecule has 2 atom stereocenters. The van der Waals surface area contributed by atoms with E-state index < -0.39 is 0 Å². The maximum absolute atomic E-state index is 11.9. The predicted octanol–water partition coefficient (Wildman–Crippen LogP) is 1.44. The predicted molar refractivity (Wildman–Crippen MR) is 110 cm³/mol. The monoisotopic (exact) mass is 381 g/mol. The number of rotatable bonds is 8. The average Bonchev–Trinajstić information content (AvgIpc) is 2.70. The molecular formula is C20H39N5O2. The first-order chi connectivity index (χ1) is 13.1. The van der Waals surface area contributed by atoms with Crippen LogP contribution in [0.2, 0.25) is 0 Å². The van der Waals surface area contributed by atoms with Crippen molar-refractivity contribution in [2.75, 3.05) is 53.4 Å². The Morgan fingerprint density at radius 1 is 1.19 bits per heavy atom. The number of nitrogens with one attached hydrogen (secondary N) is 2. The number of carbonyl (C=O) groups excluding carboxylic acids is 1. The summed E-state index contributed by atoms with van der Waals surface area (Å²) in [5.74, 6) is 0.719. The number of likely N-dealkylation sites (tertiary alicyclic amines) is 1. The fraction of sp³-hybridized carbons (Fsp3) is 0.900. The van der Waals surface area contributed by atoms with Gasteiger partial charge in [-0.15, -0.1) is 0 Å². The minimum Gasteiger partial charge on any atom is -0.376 e. The fourth-order valence-electron chi connectivity index (χ4n) is 3.78. The molecule has 2 aliphatic rings. The summed E-state index contributed by atoms with van der Waals surface area (Å²) in [4.78, 5) is 20.5. The Morgan fingerprint density at radius 2 is 2.00 bits per heavy atom. The molecule has 2 fully saturated rings. The minimum atomic E-state index is 0.00657. The van der Waals surface area contributed by atoms with Gasteiger partial charge in [0.25, 0.3) is 0 Å². The van der Waals surface area contributed by atoms with Crippen LogP contribution in [0.25, 0.3) is 0 Å². The highest BCUT2D eigenvalue weighted by Crippen LogP contribution is 2.18. The number of likely N-dealkylation sites (N-methyl/N-ethyl adjacent to an activating group) is 1. The number of ether oxygens (including phenoxy) is 1. The molecule has 0 bridgehead atoms. The lowest BCUT2D eigenvalue weighted by atomic mass is 10.0. The van der Waals surface area contributed by atoms with Crippen LogP contribution in [-0.4, -0.2) is 87.2 Å². The smallest absolute Gasteiger partial charge is 0.243 e. The zero-order valence-electron chi connectivity index (χ0n) is 17.5. The first-order valence-corrected chi connectivity index (χ1v) is 10.7. The molecule has 0 aromatic heterocycles. The molecule has 2 heterocycles. The van der Waals surface area contributed by atoms with Crippen LogP contribution >= 0.6 is 0 Å². The summed E-state index contributed by atoms with van der Waals surface area (Å²) in [6, 6.07) is 0.708. The summed E-state index contributed by atoms with van der Waals surface area (Å²) in [5, 5.41) is 6.79. The molecule has 0 saturated carbocycles. The van der Waals surface area contributed by atoms with Crippen LogP contribution in [-0.2, 0) is 9.53 Å². The summed E-state index contributed by atoms with van der Waals surface area (Å²) in [5.41, 5.74) is 0. The Hall–Kier alpha value is -1.34. The zero-order valence-corrected chi connectivity index (χ0v) is 17.5. The van der Waals surface area contributed by atoms with Gasteiger partial charge in [-0.2, -0.15) is 0 Å². The molecule has 0 aliphatic carbocycles. The molecule has 0 aromatic carbocycles. The highest BCUT2D eigenvalue weighted by Gasteiger charge is 2.20. The molecule has 2 rings (SSSR count). The lowest BCUT2D eigenvalue weighted by Gasteiger charge is -2.35. The second-order valence-corrected chi connectivity index (χ2v) is 7.84. The number of guanidine groups is 1. The van der Waals surface area contributed by atoms with Gasteiger partial charge in [-0.1, -0.05) is 13.3 Å². The molecule has 2 N–H and O–H groups in total. The Bertz CT molecular complexity index is 463. The van der Waals surface area contributed by atoms with Gasteiger partial charge in [-0.25, -0.2) is 4.99 Å². The topological polar surface area (TPSA) is 69.2 Å². The van der Waals surface area contributed by atoms with Gasteiger partial charge in [0, 0.05) is 46.4 Å². The van der Waals surface area contributed by atoms with Gasteiger partial charge in [0.05, 0.1) is 6.10 Å². The van der Waals surface area contributed by atoms with Gasteiger partial charge in [0.1, 0.15) is 6.54 Å². The number of amides is 1. The Balaban J connectivity index is 1.82. The van der Waals surface area contributed by atoms with Gasteiger partial charge in [-0.05, 0) is 45.1 Å². The van der Waals surface area contributed by atoms with Crippen LogP contribution in [0.1, 0.15) is 51.9 Å². The molecule has 1 amide bonds. The molecule has 0 aromatic rings. The first-order valence-electron chi connectivity index (χ1n) is 10.7. The van der Waals surface area contributed by atoms with E-state index in [4.69, 9.17) is 4.74 Å². The lowest BCUT2D eigenvalue weighted by Crippen LogP contribution is -2.47. The van der Waals surface area contributed by atoms with Gasteiger partial charge in [0.15, 0.2) is 5.96 Å². The number of hydrogen-bond acceptors (Lipinski definition) is 4. The number of aliphatic imine (C=N–C) groups is 1. The quantitative estimate of drug-likeness (QED) is 0.492. The summed E-state index contributed by atoms with van der Waals surface area (Å²) < 4.78 is 5.79. The van der Waals surface area contributed by atoms with E-state index in [1.165, 1.54) is 38.6 Å². The molecule has 2 saturated heterocycles. The molecule has 27 heavy (non-hydrogen) atoms. The molecule has 0 radical (unpaired) electrons. The van der Waals surface area contributed by atoms with Crippen molar-refractivity contribution in [3.05, 3.63) is 0 Å². The van der Waals surface area contributed by atoms with Crippen molar-refractivity contribution in [3.8, 4) is 0 Å². The van der Waals surface area contributed by atoms with Crippen molar-refractivity contribution in [1.29, 1.82) is 0 Å². The van der Waals surface area contributed by atoms with E-state index >= 15 is 0 Å². The average molecular weight is 382 g/mol. The largest absolute Gasteiger partial charge is 0.376 e. The molecular weight excluding hydrogens is 342 g/mol. The summed E-state index contributed by atoms with van der Waals surface area (Å²) >= 11 is 0. The van der Waals surface area contributed by atoms with E-state index in [1.807, 2.05) is 0 Å². The normalized spacial score (nSPS) is 24.5. The molecule has 156 valence electrons. The molecule has 7 heteroatoms. The number of carbonyl (C=O) groups is 1. The van der Waals surface area contributed by atoms with E-state index in [2.05, 4.69) is 27.4 Å². The minimum absolute atomic E-state index is 0.00657. The molecule has 0 spiro atoms. The third-order valence-electron chi connectivity index (χ3n) is 5.55. The van der Waals surface area contributed by atoms with Crippen molar-refractivity contribution >= 4 is 11.9 Å². The highest BCUT2D eigenvalue weighted by molar-refractivity contribution is 5.84. The summed E-state index contributed by atoms with van der Waals surface area (Å²) in [6.45, 7) is 7.07. The SMILES string of the molecule is CCC1CCCCN1CCNC(=NCC(=O)N(C)C)NCC1CCCCO1. The van der Waals surface area contributed by atoms with Gasteiger partial charge in [0.2, 0.25) is 5.91 Å². The maximum atomic E-state index is 11.9. The van der Waals surface area contributed by atoms with E-state index in [0.29, 0.717) is 12.0 Å². The second kappa shape index (κ2) is 12.2. The third-order valence-corrected chi connectivity index (χ3v) is 5.55. The van der Waals surface area contributed by atoms with Crippen LogP contribution in [0.15, 0.2) is 4.99 Å². The summed E-state index contributed by atoms with van der Waals surface area (Å²) in [6.07, 6.45) is 8.88. The van der Waals surface area contributed by atoms with E-state index in [1.54, 1.807) is 19.0 Å². The van der Waals surface area contributed by atoms with Crippen molar-refractivity contribution < 1.29 is 9.53 Å². The highest BCUT2D eigenvalue weighted by atomic mass is 16.5. The van der Waals surface area contributed by atoms with Crippen molar-refractivity contribution in [3.63, 3.8) is 0 Å². The summed E-state index contributed by atoms with van der Waals surface area (Å²) in [7, 11) is 3.52. The van der Waals surface area contributed by atoms with E-state index in [9.17, 15) is 4.79 Å². The third kappa shape index (κ3) is 8.05. The standard InChI is InChI=1S/C20H39N5O2/c1-4-17-9-5-7-12-25(17)13-11-21-20(23-16-19(26)24(2)3)22-15-18-10-6-8-14-27-18/h17-18H,4-16H2,1-3H3,(H2,21,22,23). The van der Waals surface area contributed by atoms with Crippen LogP contribution in [0.4, 0.5) is 0 Å². The van der Waals surface area contributed by atoms with Crippen molar-refractivity contribution in [1.82, 2.24) is 20.4 Å². The van der Waals surface area contributed by atoms with E-state index in [0.717, 1.165) is 39.1 Å². The number of nitrogens with zero attached hydrogens (tertiary/aromatic N) is 3. The first kappa shape index (κ1) is 22.0. The molecule has 2 unspecified atom stereocenters. The number of piperidine rings is 1. The van der Waals surface area contributed by atoms with Gasteiger partial charge in [-0.3, -0.25) is 9.69 Å². The fourth-order valence-corrected chi connectivity index (χ4v) is 3.78. The Morgan fingerprint density at radius 3 is 2.70 bits per heavy atom. The van der Waals surface area contributed by atoms with Crippen LogP contribution < -0.4 is 10.6 Å². The van der Waals surface area contributed by atoms with Crippen LogP contribution in [0.3, 0.4) is 0 Å². The van der Waals surface area contributed by atoms with Gasteiger partial charge >= 0.3 is 0 Å². The van der Waals surface area contributed by atoms with Crippen LogP contribution in [0, 0.1) is 0 Å². The lowest BCUT2D eigenvalue weighted by molar-refractivity contribution is -0.127. The maximum Gasteiger partial charge on any atom is 0.243 e. The van der Waals surface area contributed by atoms with Crippen LogP contribution in [0.5, 0.6) is 0 Å². The Labute approximate surface area is 164 Å². The molecule has 7 nitrogen and oxygen atoms in total. The second-order valence-electron chi connectivity index (χ2n) is 7.84. The number of hydrogen-bond donors (Lipinski definition) is 2. The van der Waals surface area contributed by atoms with Gasteiger partial charge < -0.3 is 20.3 Å². The van der Waals surface area contributed by atoms with Crippen molar-refractivity contribution in [2.45, 2.75) is 64.0 Å². The Kier molecular flexibility index (Phi) is 9.91. The van der Waals surface area contributed by atoms with E-state index in [-0.39, 0.29) is 18.6 Å². The zero-order chi connectivity index (χ0) is 19.5. The molecule has 2 aliphatic heterocycles.